The quantitative estimate of drug-likeness (QED) is 0.627. The van der Waals surface area contributed by atoms with Gasteiger partial charge in [-0.15, -0.1) is 0 Å². The van der Waals surface area contributed by atoms with E-state index in [1.807, 2.05) is 54.6 Å². The van der Waals surface area contributed by atoms with E-state index in [2.05, 4.69) is 6.08 Å². The molecule has 0 amide bonds. The summed E-state index contributed by atoms with van der Waals surface area (Å²) in [6.07, 6.45) is 10.6. The minimum Gasteiger partial charge on any atom is -0.423 e. The zero-order valence-electron chi connectivity index (χ0n) is 10.2. The Hall–Kier alpha value is -2.19. The van der Waals surface area contributed by atoms with Crippen LogP contribution < -0.4 is 5.46 Å². The topological polar surface area (TPSA) is 40.5 Å². The summed E-state index contributed by atoms with van der Waals surface area (Å²) in [7, 11) is -1.47. The highest BCUT2D eigenvalue weighted by Crippen LogP contribution is 2.26. The van der Waals surface area contributed by atoms with E-state index in [0.717, 1.165) is 21.9 Å². The molecule has 2 aromatic rings. The molecular weight excluding hydrogens is 235 g/mol. The van der Waals surface area contributed by atoms with Crippen LogP contribution in [0.5, 0.6) is 0 Å². The molecule has 0 radical (unpaired) electrons. The zero-order chi connectivity index (χ0) is 13.2. The zero-order valence-corrected chi connectivity index (χ0v) is 10.2. The summed E-state index contributed by atoms with van der Waals surface area (Å²) in [6, 6.07) is 11.5. The van der Waals surface area contributed by atoms with E-state index >= 15 is 0 Å². The minimum absolute atomic E-state index is 0.529. The molecule has 0 heterocycles. The average Bonchev–Trinajstić information content (AvgIpc) is 2.46. The van der Waals surface area contributed by atoms with E-state index in [1.165, 1.54) is 0 Å². The van der Waals surface area contributed by atoms with Crippen molar-refractivity contribution in [1.82, 2.24) is 0 Å². The first-order valence-corrected chi connectivity index (χ1v) is 6.11. The summed E-state index contributed by atoms with van der Waals surface area (Å²) in [5.41, 5.74) is 2.56. The first-order valence-electron chi connectivity index (χ1n) is 6.11. The number of fused-ring (bicyclic) bond motifs is 1. The van der Waals surface area contributed by atoms with Crippen LogP contribution in [0.15, 0.2) is 60.7 Å². The molecule has 2 N–H and O–H groups in total. The van der Waals surface area contributed by atoms with Crippen molar-refractivity contribution in [3.63, 3.8) is 0 Å². The summed E-state index contributed by atoms with van der Waals surface area (Å²) in [6.45, 7) is 0. The lowest BCUT2D eigenvalue weighted by atomic mass is 9.75. The predicted octanol–water partition coefficient (Wildman–Crippen LogP) is 1.83. The molecule has 0 atom stereocenters. The number of hydrogen-bond donors (Lipinski definition) is 2. The highest BCUT2D eigenvalue weighted by atomic mass is 16.4. The van der Waals surface area contributed by atoms with Crippen LogP contribution in [-0.2, 0) is 0 Å². The van der Waals surface area contributed by atoms with Crippen molar-refractivity contribution in [2.75, 3.05) is 0 Å². The molecule has 2 nitrogen and oxygen atoms in total. The van der Waals surface area contributed by atoms with Crippen LogP contribution in [0.25, 0.3) is 16.3 Å². The SMILES string of the molecule is OB(O)c1cccc2cccc(C3=CC=[C+]C=C3)c12. The van der Waals surface area contributed by atoms with E-state index in [1.54, 1.807) is 6.07 Å². The van der Waals surface area contributed by atoms with Crippen LogP contribution in [0, 0.1) is 6.08 Å². The smallest absolute Gasteiger partial charge is 0.423 e. The van der Waals surface area contributed by atoms with E-state index < -0.39 is 7.12 Å². The van der Waals surface area contributed by atoms with Gasteiger partial charge in [0.05, 0.1) is 17.7 Å². The highest BCUT2D eigenvalue weighted by Gasteiger charge is 2.19. The predicted molar refractivity (Wildman–Crippen MR) is 78.7 cm³/mol. The lowest BCUT2D eigenvalue weighted by molar-refractivity contribution is 0.426. The molecule has 0 bridgehead atoms. The minimum atomic E-state index is -1.47. The Morgan fingerprint density at radius 3 is 2.47 bits per heavy atom. The van der Waals surface area contributed by atoms with Crippen LogP contribution in [0.1, 0.15) is 5.56 Å². The maximum absolute atomic E-state index is 9.54. The van der Waals surface area contributed by atoms with Gasteiger partial charge in [-0.05, 0) is 16.2 Å². The Balaban J connectivity index is 2.33. The van der Waals surface area contributed by atoms with Gasteiger partial charge in [-0.25, -0.2) is 0 Å². The van der Waals surface area contributed by atoms with Crippen LogP contribution in [-0.4, -0.2) is 17.2 Å². The van der Waals surface area contributed by atoms with E-state index in [4.69, 9.17) is 0 Å². The van der Waals surface area contributed by atoms with E-state index in [-0.39, 0.29) is 0 Å². The van der Waals surface area contributed by atoms with Crippen molar-refractivity contribution in [1.29, 1.82) is 0 Å². The lowest BCUT2D eigenvalue weighted by Crippen LogP contribution is -2.30. The molecular formula is C16H12BO2+. The molecule has 1 aliphatic carbocycles. The molecule has 0 unspecified atom stereocenters. The summed E-state index contributed by atoms with van der Waals surface area (Å²) >= 11 is 0. The Labute approximate surface area is 112 Å². The van der Waals surface area contributed by atoms with Gasteiger partial charge in [0.15, 0.2) is 0 Å². The number of allylic oxidation sites excluding steroid dienone is 6. The van der Waals surface area contributed by atoms with Crippen molar-refractivity contribution in [3.05, 3.63) is 72.3 Å². The van der Waals surface area contributed by atoms with Gasteiger partial charge in [-0.2, -0.15) is 0 Å². The molecule has 0 saturated carbocycles. The van der Waals surface area contributed by atoms with Gasteiger partial charge < -0.3 is 10.0 Å². The molecule has 0 aromatic heterocycles. The maximum Gasteiger partial charge on any atom is 0.489 e. The maximum atomic E-state index is 9.54. The second-order valence-corrected chi connectivity index (χ2v) is 4.41. The van der Waals surface area contributed by atoms with E-state index in [9.17, 15) is 10.0 Å². The summed E-state index contributed by atoms with van der Waals surface area (Å²) in [5, 5.41) is 21.0. The Morgan fingerprint density at radius 1 is 1.00 bits per heavy atom. The number of rotatable bonds is 2. The fourth-order valence-electron chi connectivity index (χ4n) is 2.39. The normalized spacial score (nSPS) is 13.3. The Kier molecular flexibility index (Phi) is 3.02. The summed E-state index contributed by atoms with van der Waals surface area (Å²) < 4.78 is 0. The molecule has 90 valence electrons. The van der Waals surface area contributed by atoms with Crippen molar-refractivity contribution in [3.8, 4) is 0 Å². The number of hydrogen-bond acceptors (Lipinski definition) is 2. The fraction of sp³-hybridized carbons (Fsp3) is 0. The second-order valence-electron chi connectivity index (χ2n) is 4.41. The van der Waals surface area contributed by atoms with Gasteiger partial charge in [-0.1, -0.05) is 36.4 Å². The summed E-state index contributed by atoms with van der Waals surface area (Å²) in [4.78, 5) is 0. The summed E-state index contributed by atoms with van der Waals surface area (Å²) in [5.74, 6) is 0. The van der Waals surface area contributed by atoms with Crippen LogP contribution in [0.4, 0.5) is 0 Å². The fourth-order valence-corrected chi connectivity index (χ4v) is 2.39. The standard InChI is InChI=1S/C16H12BO2/c18-17(19)15-11-5-9-13-8-4-10-14(16(13)15)12-6-2-1-3-7-12/h2-11,18-19H/q+1. The van der Waals surface area contributed by atoms with Gasteiger partial charge >= 0.3 is 7.12 Å². The van der Waals surface area contributed by atoms with Gasteiger partial charge in [0.2, 0.25) is 0 Å². The largest absolute Gasteiger partial charge is 0.489 e. The molecule has 3 heteroatoms. The molecule has 0 aliphatic heterocycles. The van der Waals surface area contributed by atoms with E-state index in [0.29, 0.717) is 5.46 Å². The molecule has 0 fully saturated rings. The van der Waals surface area contributed by atoms with Gasteiger partial charge in [-0.3, -0.25) is 0 Å². The van der Waals surface area contributed by atoms with Gasteiger partial charge in [0.25, 0.3) is 0 Å². The van der Waals surface area contributed by atoms with Crippen molar-refractivity contribution < 1.29 is 10.0 Å². The first kappa shape index (κ1) is 11.9. The Bertz CT molecular complexity index is 707. The average molecular weight is 247 g/mol. The molecule has 1 aliphatic rings. The van der Waals surface area contributed by atoms with Crippen molar-refractivity contribution >= 4 is 28.9 Å². The molecule has 0 spiro atoms. The second kappa shape index (κ2) is 4.83. The third-order valence-corrected chi connectivity index (χ3v) is 3.24. The van der Waals surface area contributed by atoms with Crippen molar-refractivity contribution in [2.45, 2.75) is 0 Å². The first-order chi connectivity index (χ1) is 9.27. The monoisotopic (exact) mass is 247 g/mol. The molecule has 2 aromatic carbocycles. The van der Waals surface area contributed by atoms with Gasteiger partial charge in [0.1, 0.15) is 12.2 Å². The molecule has 19 heavy (non-hydrogen) atoms. The van der Waals surface area contributed by atoms with Crippen molar-refractivity contribution in [2.24, 2.45) is 0 Å². The third-order valence-electron chi connectivity index (χ3n) is 3.24. The van der Waals surface area contributed by atoms with Crippen LogP contribution >= 0.6 is 0 Å². The highest BCUT2D eigenvalue weighted by molar-refractivity contribution is 6.62. The third kappa shape index (κ3) is 2.11. The molecule has 0 saturated heterocycles. The lowest BCUT2D eigenvalue weighted by Gasteiger charge is -2.10. The molecule has 3 rings (SSSR count). The Morgan fingerprint density at radius 2 is 1.79 bits per heavy atom. The van der Waals surface area contributed by atoms with Gasteiger partial charge in [0, 0.05) is 11.6 Å². The van der Waals surface area contributed by atoms with Crippen LogP contribution in [0.2, 0.25) is 0 Å². The van der Waals surface area contributed by atoms with Crippen LogP contribution in [0.3, 0.4) is 0 Å². The number of benzene rings is 2.